The molecule has 11 heavy (non-hydrogen) atoms. The number of nitrogens with zero attached hydrogens (tertiary/aromatic N) is 1. The van der Waals surface area contributed by atoms with Gasteiger partial charge in [-0.1, -0.05) is 0 Å². The molecule has 0 saturated carbocycles. The third-order valence-electron chi connectivity index (χ3n) is 0.886. The number of nitrogens with one attached hydrogen (secondary N) is 1. The minimum atomic E-state index is -1.19. The molecular weight excluding hydrogens is 148 g/mol. The van der Waals surface area contributed by atoms with Gasteiger partial charge in [0.2, 0.25) is 12.5 Å². The lowest BCUT2D eigenvalue weighted by molar-refractivity contribution is -0.144. The average molecular weight is 156 g/mol. The molecule has 0 aliphatic carbocycles. The molecule has 0 heterocycles. The lowest BCUT2D eigenvalue weighted by atomic mass is 10.3. The van der Waals surface area contributed by atoms with E-state index in [2.05, 4.69) is 4.74 Å². The molecule has 0 aliphatic heterocycles. The zero-order valence-corrected chi connectivity index (χ0v) is 6.03. The van der Waals surface area contributed by atoms with Gasteiger partial charge in [-0.2, -0.15) is 5.26 Å². The van der Waals surface area contributed by atoms with E-state index in [9.17, 15) is 9.59 Å². The van der Waals surface area contributed by atoms with Crippen molar-refractivity contribution in [2.45, 2.75) is 13.0 Å². The highest BCUT2D eigenvalue weighted by Gasteiger charge is 2.16. The van der Waals surface area contributed by atoms with E-state index in [0.717, 1.165) is 0 Å². The van der Waals surface area contributed by atoms with E-state index in [-0.39, 0.29) is 13.0 Å². The molecule has 60 valence electrons. The summed E-state index contributed by atoms with van der Waals surface area (Å²) in [7, 11) is 0. The molecule has 0 spiro atoms. The van der Waals surface area contributed by atoms with Crippen molar-refractivity contribution in [1.82, 2.24) is 5.32 Å². The molecule has 1 amide bonds. The molecule has 5 heteroatoms. The van der Waals surface area contributed by atoms with Crippen LogP contribution in [0.1, 0.15) is 6.92 Å². The Labute approximate surface area is 63.9 Å². The molecular formula is C6H8N2O3. The number of esters is 1. The zero-order chi connectivity index (χ0) is 8.69. The van der Waals surface area contributed by atoms with E-state index in [1.165, 1.54) is 0 Å². The Morgan fingerprint density at radius 1 is 1.91 bits per heavy atom. The van der Waals surface area contributed by atoms with Crippen LogP contribution in [0.4, 0.5) is 0 Å². The zero-order valence-electron chi connectivity index (χ0n) is 6.03. The fourth-order valence-corrected chi connectivity index (χ4v) is 0.452. The number of hydrogen-bond acceptors (Lipinski definition) is 4. The quantitative estimate of drug-likeness (QED) is 0.426. The van der Waals surface area contributed by atoms with E-state index in [0.29, 0.717) is 0 Å². The first-order chi connectivity index (χ1) is 5.26. The summed E-state index contributed by atoms with van der Waals surface area (Å²) in [5.41, 5.74) is 0. The molecule has 1 atom stereocenters. The molecule has 0 aromatic heterocycles. The average Bonchev–Trinajstić information content (AvgIpc) is 2.00. The minimum Gasteiger partial charge on any atom is -0.464 e. The molecule has 0 aromatic rings. The van der Waals surface area contributed by atoms with Crippen molar-refractivity contribution >= 4 is 12.4 Å². The van der Waals surface area contributed by atoms with Crippen LogP contribution in [0.2, 0.25) is 0 Å². The second-order valence-corrected chi connectivity index (χ2v) is 1.60. The molecule has 0 rings (SSSR count). The number of carbonyl (C=O) groups is 2. The Hall–Kier alpha value is -1.57. The minimum absolute atomic E-state index is 0.192. The van der Waals surface area contributed by atoms with Gasteiger partial charge >= 0.3 is 5.97 Å². The molecule has 5 nitrogen and oxygen atoms in total. The van der Waals surface area contributed by atoms with E-state index in [1.54, 1.807) is 13.0 Å². The summed E-state index contributed by atoms with van der Waals surface area (Å²) in [6.45, 7) is 1.81. The van der Waals surface area contributed by atoms with Crippen LogP contribution in [0.15, 0.2) is 0 Å². The van der Waals surface area contributed by atoms with Crippen molar-refractivity contribution in [2.75, 3.05) is 6.61 Å². The van der Waals surface area contributed by atoms with Crippen LogP contribution >= 0.6 is 0 Å². The van der Waals surface area contributed by atoms with Gasteiger partial charge in [0.1, 0.15) is 0 Å². The fourth-order valence-electron chi connectivity index (χ4n) is 0.452. The smallest absolute Gasteiger partial charge is 0.343 e. The maximum atomic E-state index is 10.7. The van der Waals surface area contributed by atoms with Crippen molar-refractivity contribution in [3.05, 3.63) is 0 Å². The Kier molecular flexibility index (Phi) is 4.49. The van der Waals surface area contributed by atoms with Crippen molar-refractivity contribution < 1.29 is 14.3 Å². The molecule has 0 unspecified atom stereocenters. The van der Waals surface area contributed by atoms with Crippen molar-refractivity contribution in [2.24, 2.45) is 0 Å². The molecule has 0 saturated heterocycles. The first-order valence-electron chi connectivity index (χ1n) is 3.02. The summed E-state index contributed by atoms with van der Waals surface area (Å²) < 4.78 is 4.46. The Morgan fingerprint density at radius 2 is 2.55 bits per heavy atom. The predicted molar refractivity (Wildman–Crippen MR) is 35.2 cm³/mol. The van der Waals surface area contributed by atoms with Crippen molar-refractivity contribution in [1.29, 1.82) is 5.26 Å². The highest BCUT2D eigenvalue weighted by Crippen LogP contribution is 1.85. The van der Waals surface area contributed by atoms with Gasteiger partial charge < -0.3 is 10.1 Å². The predicted octanol–water partition coefficient (Wildman–Crippen LogP) is -0.812. The van der Waals surface area contributed by atoms with Crippen molar-refractivity contribution in [3.8, 4) is 6.07 Å². The molecule has 0 fully saturated rings. The number of ether oxygens (including phenoxy) is 1. The van der Waals surface area contributed by atoms with Crippen LogP contribution in [0.25, 0.3) is 0 Å². The summed E-state index contributed by atoms with van der Waals surface area (Å²) in [6.07, 6.45) is 0.283. The SMILES string of the molecule is CCOC(=O)[C@H](C#N)NC=O. The van der Waals surface area contributed by atoms with Crippen LogP contribution in [0.5, 0.6) is 0 Å². The number of hydrogen-bond donors (Lipinski definition) is 1. The Bertz CT molecular complexity index is 185. The highest BCUT2D eigenvalue weighted by molar-refractivity contribution is 5.81. The van der Waals surface area contributed by atoms with Gasteiger partial charge in [0, 0.05) is 0 Å². The van der Waals surface area contributed by atoms with Gasteiger partial charge in [-0.25, -0.2) is 4.79 Å². The summed E-state index contributed by atoms with van der Waals surface area (Å²) >= 11 is 0. The lowest BCUT2D eigenvalue weighted by Gasteiger charge is -2.05. The van der Waals surface area contributed by atoms with Crippen molar-refractivity contribution in [3.63, 3.8) is 0 Å². The van der Waals surface area contributed by atoms with Gasteiger partial charge in [0.15, 0.2) is 0 Å². The largest absolute Gasteiger partial charge is 0.464 e. The molecule has 0 aromatic carbocycles. The Balaban J connectivity index is 3.94. The summed E-state index contributed by atoms with van der Waals surface area (Å²) in [5, 5.41) is 10.3. The third kappa shape index (κ3) is 3.20. The number of amides is 1. The molecule has 0 radical (unpaired) electrons. The van der Waals surface area contributed by atoms with E-state index in [1.807, 2.05) is 5.32 Å². The first-order valence-corrected chi connectivity index (χ1v) is 3.02. The maximum Gasteiger partial charge on any atom is 0.343 e. The maximum absolute atomic E-state index is 10.7. The topological polar surface area (TPSA) is 79.2 Å². The molecule has 0 bridgehead atoms. The number of rotatable bonds is 4. The van der Waals surface area contributed by atoms with Crippen LogP contribution < -0.4 is 5.32 Å². The Morgan fingerprint density at radius 3 is 2.91 bits per heavy atom. The number of nitriles is 1. The van der Waals surface area contributed by atoms with Crippen LogP contribution in [0, 0.1) is 11.3 Å². The van der Waals surface area contributed by atoms with Crippen LogP contribution in [-0.2, 0) is 14.3 Å². The molecule has 0 aliphatic rings. The van der Waals surface area contributed by atoms with Gasteiger partial charge in [-0.3, -0.25) is 4.79 Å². The summed E-state index contributed by atoms with van der Waals surface area (Å²) in [6, 6.07) is 0.383. The first kappa shape index (κ1) is 9.43. The lowest BCUT2D eigenvalue weighted by Crippen LogP contribution is -2.35. The summed E-state index contributed by atoms with van der Waals surface area (Å²) in [4.78, 5) is 20.5. The second kappa shape index (κ2) is 5.23. The highest BCUT2D eigenvalue weighted by atomic mass is 16.5. The van der Waals surface area contributed by atoms with Gasteiger partial charge in [-0.15, -0.1) is 0 Å². The third-order valence-corrected chi connectivity index (χ3v) is 0.886. The van der Waals surface area contributed by atoms with Gasteiger partial charge in [0.25, 0.3) is 0 Å². The van der Waals surface area contributed by atoms with Crippen LogP contribution in [0.3, 0.4) is 0 Å². The van der Waals surface area contributed by atoms with E-state index >= 15 is 0 Å². The second-order valence-electron chi connectivity index (χ2n) is 1.60. The van der Waals surface area contributed by atoms with E-state index < -0.39 is 12.0 Å². The van der Waals surface area contributed by atoms with Gasteiger partial charge in [-0.05, 0) is 6.92 Å². The number of carbonyl (C=O) groups excluding carboxylic acids is 2. The molecule has 1 N–H and O–H groups in total. The van der Waals surface area contributed by atoms with E-state index in [4.69, 9.17) is 5.26 Å². The standard InChI is InChI=1S/C6H8N2O3/c1-2-11-6(10)5(3-7)8-4-9/h4-5H,2H2,1H3,(H,8,9)/t5-/m0/s1. The monoisotopic (exact) mass is 156 g/mol. The van der Waals surface area contributed by atoms with Crippen LogP contribution in [-0.4, -0.2) is 25.0 Å². The fraction of sp³-hybridized carbons (Fsp3) is 0.500. The normalized spacial score (nSPS) is 10.9. The van der Waals surface area contributed by atoms with Gasteiger partial charge in [0.05, 0.1) is 12.7 Å². The summed E-state index contributed by atoms with van der Waals surface area (Å²) in [5.74, 6) is -0.734.